The molecule has 6 heteroatoms. The highest BCUT2D eigenvalue weighted by Crippen LogP contribution is 2.30. The maximum atomic E-state index is 12.2. The van der Waals surface area contributed by atoms with Crippen LogP contribution in [0.3, 0.4) is 0 Å². The topological polar surface area (TPSA) is 65.4 Å². The molecule has 0 radical (unpaired) electrons. The summed E-state index contributed by atoms with van der Waals surface area (Å²) in [6.07, 6.45) is 2.80. The average molecular weight is 317 g/mol. The molecule has 1 atom stereocenters. The second-order valence-corrected chi connectivity index (χ2v) is 5.74. The van der Waals surface area contributed by atoms with Gasteiger partial charge in [-0.15, -0.1) is 0 Å². The Balaban J connectivity index is 1.77. The Kier molecular flexibility index (Phi) is 5.25. The van der Waals surface area contributed by atoms with E-state index in [4.69, 9.17) is 14.5 Å². The highest BCUT2D eigenvalue weighted by molar-refractivity contribution is 5.81. The van der Waals surface area contributed by atoms with Gasteiger partial charge < -0.3 is 19.4 Å². The number of carbonyl (C=O) groups is 1. The Morgan fingerprint density at radius 1 is 1.48 bits per heavy atom. The number of imidazole rings is 1. The van der Waals surface area contributed by atoms with Crippen molar-refractivity contribution in [2.45, 2.75) is 31.9 Å². The molecule has 6 nitrogen and oxygen atoms in total. The average Bonchev–Trinajstić information content (AvgIpc) is 3.20. The lowest BCUT2D eigenvalue weighted by molar-refractivity contribution is -0.121. The van der Waals surface area contributed by atoms with Crippen molar-refractivity contribution in [3.05, 3.63) is 30.1 Å². The molecule has 124 valence electrons. The standard InChI is InChI=1S/C17H23N3O3/c1-22-10-5-9-18-16(21)12-20-14-7-3-2-6-13(14)19-17(20)15-8-4-11-23-15/h2-3,6-7,15H,4-5,8-12H2,1H3,(H,18,21). The van der Waals surface area contributed by atoms with Gasteiger partial charge >= 0.3 is 0 Å². The van der Waals surface area contributed by atoms with Crippen molar-refractivity contribution in [2.75, 3.05) is 26.9 Å². The Morgan fingerprint density at radius 3 is 3.13 bits per heavy atom. The second kappa shape index (κ2) is 7.57. The monoisotopic (exact) mass is 317 g/mol. The quantitative estimate of drug-likeness (QED) is 0.794. The molecule has 0 aliphatic carbocycles. The summed E-state index contributed by atoms with van der Waals surface area (Å²) >= 11 is 0. The van der Waals surface area contributed by atoms with Crippen LogP contribution in [-0.4, -0.2) is 42.3 Å². The molecule has 1 unspecified atom stereocenters. The van der Waals surface area contributed by atoms with Gasteiger partial charge in [-0.05, 0) is 31.4 Å². The number of ether oxygens (including phenoxy) is 2. The first-order valence-corrected chi connectivity index (χ1v) is 8.12. The number of hydrogen-bond donors (Lipinski definition) is 1. The summed E-state index contributed by atoms with van der Waals surface area (Å²) in [6, 6.07) is 7.90. The van der Waals surface area contributed by atoms with Crippen LogP contribution < -0.4 is 5.32 Å². The molecule has 0 saturated carbocycles. The van der Waals surface area contributed by atoms with Gasteiger partial charge in [-0.25, -0.2) is 4.98 Å². The Labute approximate surface area is 135 Å². The zero-order valence-corrected chi connectivity index (χ0v) is 13.5. The fourth-order valence-corrected chi connectivity index (χ4v) is 2.93. The van der Waals surface area contributed by atoms with E-state index < -0.39 is 0 Å². The summed E-state index contributed by atoms with van der Waals surface area (Å²) < 4.78 is 12.7. The molecule has 1 aromatic heterocycles. The van der Waals surface area contributed by atoms with Crippen molar-refractivity contribution in [3.63, 3.8) is 0 Å². The highest BCUT2D eigenvalue weighted by Gasteiger charge is 2.25. The predicted octanol–water partition coefficient (Wildman–Crippen LogP) is 2.04. The number of hydrogen-bond acceptors (Lipinski definition) is 4. The van der Waals surface area contributed by atoms with Gasteiger partial charge in [0, 0.05) is 26.9 Å². The summed E-state index contributed by atoms with van der Waals surface area (Å²) in [5.74, 6) is 0.847. The van der Waals surface area contributed by atoms with Crippen LogP contribution in [0.15, 0.2) is 24.3 Å². The number of carbonyl (C=O) groups excluding carboxylic acids is 1. The predicted molar refractivity (Wildman–Crippen MR) is 87.2 cm³/mol. The molecule has 0 spiro atoms. The lowest BCUT2D eigenvalue weighted by Gasteiger charge is -2.13. The normalized spacial score (nSPS) is 17.7. The number of nitrogens with zero attached hydrogens (tertiary/aromatic N) is 2. The molecular weight excluding hydrogens is 294 g/mol. The lowest BCUT2D eigenvalue weighted by atomic mass is 10.2. The smallest absolute Gasteiger partial charge is 0.240 e. The summed E-state index contributed by atoms with van der Waals surface area (Å²) in [5.41, 5.74) is 1.88. The van der Waals surface area contributed by atoms with Crippen LogP contribution in [0.1, 0.15) is 31.2 Å². The molecule has 1 saturated heterocycles. The van der Waals surface area contributed by atoms with Gasteiger partial charge in [-0.1, -0.05) is 12.1 Å². The largest absolute Gasteiger partial charge is 0.385 e. The number of aromatic nitrogens is 2. The van der Waals surface area contributed by atoms with Crippen LogP contribution in [0.4, 0.5) is 0 Å². The van der Waals surface area contributed by atoms with Crippen molar-refractivity contribution in [2.24, 2.45) is 0 Å². The molecule has 1 aliphatic heterocycles. The van der Waals surface area contributed by atoms with Crippen molar-refractivity contribution in [3.8, 4) is 0 Å². The van der Waals surface area contributed by atoms with Crippen molar-refractivity contribution < 1.29 is 14.3 Å². The van der Waals surface area contributed by atoms with E-state index in [1.807, 2.05) is 28.8 Å². The molecule has 1 fully saturated rings. The van der Waals surface area contributed by atoms with E-state index in [1.54, 1.807) is 7.11 Å². The third-order valence-corrected chi connectivity index (χ3v) is 4.05. The van der Waals surface area contributed by atoms with Gasteiger partial charge in [0.1, 0.15) is 18.5 Å². The van der Waals surface area contributed by atoms with E-state index in [0.717, 1.165) is 42.7 Å². The van der Waals surface area contributed by atoms with Crippen LogP contribution >= 0.6 is 0 Å². The summed E-state index contributed by atoms with van der Waals surface area (Å²) in [7, 11) is 1.66. The molecule has 1 amide bonds. The molecule has 23 heavy (non-hydrogen) atoms. The SMILES string of the molecule is COCCCNC(=O)Cn1c(C2CCCO2)nc2ccccc21. The van der Waals surface area contributed by atoms with E-state index in [1.165, 1.54) is 0 Å². The maximum Gasteiger partial charge on any atom is 0.240 e. The van der Waals surface area contributed by atoms with Crippen LogP contribution in [-0.2, 0) is 20.8 Å². The Bertz CT molecular complexity index is 662. The van der Waals surface area contributed by atoms with Gasteiger partial charge in [0.25, 0.3) is 0 Å². The van der Waals surface area contributed by atoms with E-state index in [-0.39, 0.29) is 18.6 Å². The van der Waals surface area contributed by atoms with Gasteiger partial charge in [-0.2, -0.15) is 0 Å². The third kappa shape index (κ3) is 3.71. The van der Waals surface area contributed by atoms with Crippen LogP contribution in [0.2, 0.25) is 0 Å². The molecule has 2 aromatic rings. The molecule has 1 aromatic carbocycles. The fourth-order valence-electron chi connectivity index (χ4n) is 2.93. The van der Waals surface area contributed by atoms with E-state index >= 15 is 0 Å². The van der Waals surface area contributed by atoms with Crippen LogP contribution in [0, 0.1) is 0 Å². The molecular formula is C17H23N3O3. The maximum absolute atomic E-state index is 12.2. The fraction of sp³-hybridized carbons (Fsp3) is 0.529. The lowest BCUT2D eigenvalue weighted by Crippen LogP contribution is -2.29. The van der Waals surface area contributed by atoms with E-state index in [9.17, 15) is 4.79 Å². The number of benzene rings is 1. The van der Waals surface area contributed by atoms with Gasteiger partial charge in [0.15, 0.2) is 0 Å². The zero-order valence-electron chi connectivity index (χ0n) is 13.5. The second-order valence-electron chi connectivity index (χ2n) is 5.74. The van der Waals surface area contributed by atoms with E-state index in [0.29, 0.717) is 13.2 Å². The first-order chi connectivity index (χ1) is 11.3. The van der Waals surface area contributed by atoms with Crippen molar-refractivity contribution in [1.82, 2.24) is 14.9 Å². The number of rotatable bonds is 7. The Hall–Kier alpha value is -1.92. The Morgan fingerprint density at radius 2 is 2.35 bits per heavy atom. The van der Waals surface area contributed by atoms with Crippen molar-refractivity contribution >= 4 is 16.9 Å². The minimum atomic E-state index is -0.0106. The molecule has 2 heterocycles. The number of methoxy groups -OCH3 is 1. The van der Waals surface area contributed by atoms with Crippen molar-refractivity contribution in [1.29, 1.82) is 0 Å². The van der Waals surface area contributed by atoms with Gasteiger partial charge in [-0.3, -0.25) is 4.79 Å². The van der Waals surface area contributed by atoms with Gasteiger partial charge in [0.2, 0.25) is 5.91 Å². The van der Waals surface area contributed by atoms with E-state index in [2.05, 4.69) is 5.32 Å². The summed E-state index contributed by atoms with van der Waals surface area (Å²) in [6.45, 7) is 2.30. The highest BCUT2D eigenvalue weighted by atomic mass is 16.5. The first-order valence-electron chi connectivity index (χ1n) is 8.12. The van der Waals surface area contributed by atoms with Gasteiger partial charge in [0.05, 0.1) is 11.0 Å². The summed E-state index contributed by atoms with van der Waals surface area (Å²) in [5, 5.41) is 2.93. The number of amides is 1. The first kappa shape index (κ1) is 16.0. The number of para-hydroxylation sites is 2. The minimum absolute atomic E-state index is 0.0105. The molecule has 3 rings (SSSR count). The summed E-state index contributed by atoms with van der Waals surface area (Å²) in [4.78, 5) is 16.9. The van der Waals surface area contributed by atoms with Crippen LogP contribution in [0.5, 0.6) is 0 Å². The number of nitrogens with one attached hydrogen (secondary N) is 1. The number of fused-ring (bicyclic) bond motifs is 1. The minimum Gasteiger partial charge on any atom is -0.385 e. The third-order valence-electron chi connectivity index (χ3n) is 4.05. The molecule has 1 aliphatic rings. The molecule has 0 bridgehead atoms. The van der Waals surface area contributed by atoms with Crippen LogP contribution in [0.25, 0.3) is 11.0 Å². The molecule has 1 N–H and O–H groups in total. The zero-order chi connectivity index (χ0) is 16.1.